The van der Waals surface area contributed by atoms with Crippen molar-refractivity contribution in [2.24, 2.45) is 17.6 Å². The molecule has 0 amide bonds. The summed E-state index contributed by atoms with van der Waals surface area (Å²) in [6, 6.07) is 8.84. The number of hydrogen-bond donors (Lipinski definition) is 1. The van der Waals surface area contributed by atoms with E-state index in [0.29, 0.717) is 6.04 Å². The Balaban J connectivity index is 0.00000133. The van der Waals surface area contributed by atoms with Gasteiger partial charge in [0.1, 0.15) is 5.75 Å². The van der Waals surface area contributed by atoms with Crippen LogP contribution in [0.2, 0.25) is 0 Å². The van der Waals surface area contributed by atoms with E-state index in [2.05, 4.69) is 17.0 Å². The zero-order valence-corrected chi connectivity index (χ0v) is 12.2. The number of nitrogens with zero attached hydrogens (tertiary/aromatic N) is 1. The zero-order chi connectivity index (χ0) is 12.5. The largest absolute Gasteiger partial charge is 0.497 e. The van der Waals surface area contributed by atoms with Gasteiger partial charge in [-0.15, -0.1) is 12.4 Å². The molecule has 1 saturated carbocycles. The molecule has 3 atom stereocenters. The molecule has 1 aliphatic carbocycles. The summed E-state index contributed by atoms with van der Waals surface area (Å²) < 4.78 is 5.18. The quantitative estimate of drug-likeness (QED) is 0.924. The van der Waals surface area contributed by atoms with E-state index >= 15 is 0 Å². The first-order chi connectivity index (χ1) is 8.76. The van der Waals surface area contributed by atoms with Gasteiger partial charge in [-0.2, -0.15) is 0 Å². The average molecular weight is 283 g/mol. The molecule has 1 aliphatic heterocycles. The minimum atomic E-state index is 0. The van der Waals surface area contributed by atoms with Crippen LogP contribution in [0.5, 0.6) is 5.75 Å². The summed E-state index contributed by atoms with van der Waals surface area (Å²) in [5, 5.41) is 0. The number of methoxy groups -OCH3 is 1. The van der Waals surface area contributed by atoms with Crippen molar-refractivity contribution in [1.82, 2.24) is 4.90 Å². The second kappa shape index (κ2) is 6.12. The molecule has 2 aliphatic rings. The molecular weight excluding hydrogens is 260 g/mol. The summed E-state index contributed by atoms with van der Waals surface area (Å²) in [6.45, 7) is 3.45. The summed E-state index contributed by atoms with van der Waals surface area (Å²) in [6.07, 6.45) is 2.55. The number of halogens is 1. The number of benzene rings is 1. The minimum Gasteiger partial charge on any atom is -0.497 e. The van der Waals surface area contributed by atoms with Crippen LogP contribution < -0.4 is 10.5 Å². The van der Waals surface area contributed by atoms with E-state index in [4.69, 9.17) is 10.5 Å². The van der Waals surface area contributed by atoms with Crippen LogP contribution in [0.1, 0.15) is 18.4 Å². The Kier molecular flexibility index (Phi) is 4.71. The molecule has 0 radical (unpaired) electrons. The molecule has 0 spiro atoms. The molecule has 2 fully saturated rings. The van der Waals surface area contributed by atoms with E-state index in [1.54, 1.807) is 7.11 Å². The van der Waals surface area contributed by atoms with Gasteiger partial charge >= 0.3 is 0 Å². The van der Waals surface area contributed by atoms with E-state index in [9.17, 15) is 0 Å². The van der Waals surface area contributed by atoms with Gasteiger partial charge in [0, 0.05) is 25.7 Å². The van der Waals surface area contributed by atoms with Gasteiger partial charge in [0.2, 0.25) is 0 Å². The van der Waals surface area contributed by atoms with Crippen LogP contribution in [0.15, 0.2) is 24.3 Å². The number of hydrogen-bond acceptors (Lipinski definition) is 3. The molecule has 1 aromatic rings. The molecule has 4 heteroatoms. The van der Waals surface area contributed by atoms with Crippen LogP contribution in [-0.4, -0.2) is 31.1 Å². The summed E-state index contributed by atoms with van der Waals surface area (Å²) >= 11 is 0. The highest BCUT2D eigenvalue weighted by molar-refractivity contribution is 5.85. The number of likely N-dealkylation sites (tertiary alicyclic amines) is 1. The summed E-state index contributed by atoms with van der Waals surface area (Å²) in [4.78, 5) is 2.55. The third kappa shape index (κ3) is 3.04. The molecule has 3 rings (SSSR count). The Morgan fingerprint density at radius 3 is 2.58 bits per heavy atom. The van der Waals surface area contributed by atoms with Crippen molar-refractivity contribution >= 4 is 12.4 Å². The smallest absolute Gasteiger partial charge is 0.118 e. The van der Waals surface area contributed by atoms with Crippen molar-refractivity contribution in [2.45, 2.75) is 25.4 Å². The Bertz CT molecular complexity index is 409. The van der Waals surface area contributed by atoms with Crippen molar-refractivity contribution in [3.63, 3.8) is 0 Å². The van der Waals surface area contributed by atoms with Gasteiger partial charge in [-0.25, -0.2) is 0 Å². The molecule has 0 aromatic heterocycles. The lowest BCUT2D eigenvalue weighted by atomic mass is 9.98. The number of fused-ring (bicyclic) bond motifs is 1. The molecule has 106 valence electrons. The molecule has 3 nitrogen and oxygen atoms in total. The molecule has 0 bridgehead atoms. The average Bonchev–Trinajstić information content (AvgIpc) is 2.93. The van der Waals surface area contributed by atoms with Crippen molar-refractivity contribution in [3.05, 3.63) is 29.8 Å². The molecule has 3 unspecified atom stereocenters. The molecular formula is C15H23ClN2O. The van der Waals surface area contributed by atoms with Crippen molar-refractivity contribution in [1.29, 1.82) is 0 Å². The summed E-state index contributed by atoms with van der Waals surface area (Å²) in [5.41, 5.74) is 7.54. The maximum atomic E-state index is 6.17. The lowest BCUT2D eigenvalue weighted by Crippen LogP contribution is -2.30. The van der Waals surface area contributed by atoms with E-state index in [-0.39, 0.29) is 12.4 Å². The Morgan fingerprint density at radius 2 is 1.95 bits per heavy atom. The second-order valence-electron chi connectivity index (χ2n) is 5.71. The molecule has 1 saturated heterocycles. The van der Waals surface area contributed by atoms with E-state index in [0.717, 1.165) is 24.1 Å². The zero-order valence-electron chi connectivity index (χ0n) is 11.4. The third-order valence-corrected chi connectivity index (χ3v) is 4.55. The van der Waals surface area contributed by atoms with Crippen LogP contribution in [0.4, 0.5) is 0 Å². The van der Waals surface area contributed by atoms with Crippen molar-refractivity contribution in [2.75, 3.05) is 20.2 Å². The maximum Gasteiger partial charge on any atom is 0.118 e. The number of nitrogens with two attached hydrogens (primary N) is 1. The second-order valence-corrected chi connectivity index (χ2v) is 5.71. The fraction of sp³-hybridized carbons (Fsp3) is 0.600. The summed E-state index contributed by atoms with van der Waals surface area (Å²) in [7, 11) is 1.71. The Hall–Kier alpha value is -0.770. The standard InChI is InChI=1S/C15H22N2O.ClH/c1-18-13-5-2-11(3-6-13)8-17-9-12-4-7-15(16)14(12)10-17;/h2-3,5-6,12,14-15H,4,7-10,16H2,1H3;1H. The van der Waals surface area contributed by atoms with Crippen LogP contribution in [0.25, 0.3) is 0 Å². The van der Waals surface area contributed by atoms with Crippen LogP contribution in [-0.2, 0) is 6.54 Å². The summed E-state index contributed by atoms with van der Waals surface area (Å²) in [5.74, 6) is 2.51. The van der Waals surface area contributed by atoms with Crippen LogP contribution in [0, 0.1) is 11.8 Å². The van der Waals surface area contributed by atoms with E-state index < -0.39 is 0 Å². The SMILES string of the molecule is COc1ccc(CN2CC3CCC(N)C3C2)cc1.Cl. The van der Waals surface area contributed by atoms with Gasteiger partial charge in [0.25, 0.3) is 0 Å². The Labute approximate surface area is 121 Å². The van der Waals surface area contributed by atoms with Crippen molar-refractivity contribution < 1.29 is 4.74 Å². The molecule has 1 aromatic carbocycles. The third-order valence-electron chi connectivity index (χ3n) is 4.55. The van der Waals surface area contributed by atoms with Crippen molar-refractivity contribution in [3.8, 4) is 5.75 Å². The van der Waals surface area contributed by atoms with E-state index in [1.165, 1.54) is 31.5 Å². The van der Waals surface area contributed by atoms with Gasteiger partial charge in [0.15, 0.2) is 0 Å². The predicted octanol–water partition coefficient (Wildman–Crippen LogP) is 2.29. The highest BCUT2D eigenvalue weighted by Gasteiger charge is 2.40. The molecule has 2 N–H and O–H groups in total. The maximum absolute atomic E-state index is 6.17. The van der Waals surface area contributed by atoms with Gasteiger partial charge in [-0.05, 0) is 42.4 Å². The lowest BCUT2D eigenvalue weighted by molar-refractivity contribution is 0.298. The van der Waals surface area contributed by atoms with Crippen LogP contribution >= 0.6 is 12.4 Å². The molecule has 19 heavy (non-hydrogen) atoms. The topological polar surface area (TPSA) is 38.5 Å². The fourth-order valence-corrected chi connectivity index (χ4v) is 3.52. The highest BCUT2D eigenvalue weighted by Crippen LogP contribution is 2.37. The normalized spacial score (nSPS) is 29.9. The van der Waals surface area contributed by atoms with Gasteiger partial charge < -0.3 is 10.5 Å². The van der Waals surface area contributed by atoms with Crippen LogP contribution in [0.3, 0.4) is 0 Å². The Morgan fingerprint density at radius 1 is 1.21 bits per heavy atom. The minimum absolute atomic E-state index is 0. The molecule has 1 heterocycles. The lowest BCUT2D eigenvalue weighted by Gasteiger charge is -2.18. The van der Waals surface area contributed by atoms with Gasteiger partial charge in [-0.1, -0.05) is 12.1 Å². The highest BCUT2D eigenvalue weighted by atomic mass is 35.5. The number of ether oxygens (including phenoxy) is 1. The number of rotatable bonds is 3. The van der Waals surface area contributed by atoms with E-state index in [1.807, 2.05) is 12.1 Å². The monoisotopic (exact) mass is 282 g/mol. The first-order valence-corrected chi connectivity index (χ1v) is 6.87. The van der Waals surface area contributed by atoms with Gasteiger partial charge in [0.05, 0.1) is 7.11 Å². The van der Waals surface area contributed by atoms with Gasteiger partial charge in [-0.3, -0.25) is 4.90 Å². The fourth-order valence-electron chi connectivity index (χ4n) is 3.52. The first-order valence-electron chi connectivity index (χ1n) is 6.87. The first kappa shape index (κ1) is 14.6. The predicted molar refractivity (Wildman–Crippen MR) is 79.7 cm³/mol.